The molecule has 3 aliphatic rings. The fourth-order valence-electron chi connectivity index (χ4n) is 7.43. The summed E-state index contributed by atoms with van der Waals surface area (Å²) in [6.07, 6.45) is 10.5. The van der Waals surface area contributed by atoms with Gasteiger partial charge in [0.1, 0.15) is 12.0 Å². The number of Topliss-reactive ketones (excluding diaryl/α,β-unsaturated/α-hetero) is 2. The third-order valence-corrected chi connectivity index (χ3v) is 10.8. The van der Waals surface area contributed by atoms with E-state index in [0.717, 1.165) is 47.3 Å². The number of aromatic nitrogens is 1. The van der Waals surface area contributed by atoms with Crippen LogP contribution in [-0.4, -0.2) is 108 Å². The zero-order valence-electron chi connectivity index (χ0n) is 34.4. The minimum Gasteiger partial charge on any atom is -0.495 e. The number of furan rings is 2. The van der Waals surface area contributed by atoms with E-state index in [4.69, 9.17) is 24.3 Å². The normalized spacial score (nSPS) is 17.2. The molecule has 0 atom stereocenters. The molecule has 14 nitrogen and oxygen atoms in total. The van der Waals surface area contributed by atoms with Gasteiger partial charge in [0.25, 0.3) is 5.91 Å². The van der Waals surface area contributed by atoms with Crippen molar-refractivity contribution in [2.24, 2.45) is 10.7 Å². The van der Waals surface area contributed by atoms with Crippen molar-refractivity contribution in [3.05, 3.63) is 107 Å². The molecule has 5 aromatic rings. The van der Waals surface area contributed by atoms with Crippen LogP contribution in [0.4, 0.5) is 5.69 Å². The number of nitrogens with one attached hydrogen (secondary N) is 1. The lowest BCUT2D eigenvalue weighted by molar-refractivity contribution is -0.122. The number of nitrogens with zero attached hydrogens (tertiary/aromatic N) is 4. The van der Waals surface area contributed by atoms with Gasteiger partial charge in [-0.25, -0.2) is 4.90 Å². The molecule has 2 fully saturated rings. The summed E-state index contributed by atoms with van der Waals surface area (Å²) in [4.78, 5) is 62.0. The number of aromatic amines is 1. The number of anilines is 1. The molecule has 8 rings (SSSR count). The Balaban J connectivity index is 0.000000190. The number of piperidine rings is 2. The first kappa shape index (κ1) is 45.0. The number of fused-ring (bicyclic) bond motifs is 2. The number of ketones is 2. The maximum Gasteiger partial charge on any atom is 0.269 e. The molecule has 6 heterocycles. The Morgan fingerprint density at radius 3 is 1.92 bits per heavy atom. The highest BCUT2D eigenvalue weighted by atomic mass is 16.5. The number of hydrogen-bond acceptors (Lipinski definition) is 12. The van der Waals surface area contributed by atoms with Crippen LogP contribution >= 0.6 is 0 Å². The van der Waals surface area contributed by atoms with Crippen LogP contribution in [0.25, 0.3) is 22.2 Å². The van der Waals surface area contributed by atoms with Gasteiger partial charge in [0.15, 0.2) is 17.4 Å². The molecule has 0 aliphatic carbocycles. The van der Waals surface area contributed by atoms with Gasteiger partial charge in [-0.15, -0.1) is 0 Å². The number of H-pyrrole nitrogens is 1. The molecule has 2 saturated heterocycles. The predicted octanol–water partition coefficient (Wildman–Crippen LogP) is 7.17. The van der Waals surface area contributed by atoms with Gasteiger partial charge in [-0.2, -0.15) is 0 Å². The number of imide groups is 1. The van der Waals surface area contributed by atoms with E-state index >= 15 is 0 Å². The van der Waals surface area contributed by atoms with Gasteiger partial charge in [-0.1, -0.05) is 7.43 Å². The van der Waals surface area contributed by atoms with E-state index in [-0.39, 0.29) is 36.5 Å². The number of carbonyl (C=O) groups is 4. The van der Waals surface area contributed by atoms with Gasteiger partial charge in [-0.3, -0.25) is 24.2 Å². The van der Waals surface area contributed by atoms with E-state index < -0.39 is 11.8 Å². The summed E-state index contributed by atoms with van der Waals surface area (Å²) in [5.41, 5.74) is 11.4. The Labute approximate surface area is 350 Å². The monoisotopic (exact) mass is 820 g/mol. The minimum atomic E-state index is -0.490. The highest BCUT2D eigenvalue weighted by Gasteiger charge is 2.38. The number of likely N-dealkylation sites (tertiary alicyclic amines) is 2. The first-order chi connectivity index (χ1) is 28.3. The number of hydrogen-bond donors (Lipinski definition) is 3. The van der Waals surface area contributed by atoms with E-state index in [1.807, 2.05) is 18.2 Å². The van der Waals surface area contributed by atoms with Crippen molar-refractivity contribution in [2.75, 3.05) is 52.3 Å². The van der Waals surface area contributed by atoms with Crippen LogP contribution < -0.4 is 10.6 Å². The van der Waals surface area contributed by atoms with Crippen molar-refractivity contribution in [1.82, 2.24) is 14.8 Å². The Bertz CT molecular complexity index is 2350. The number of carbonyl (C=O) groups excluding carboxylic acids is 4. The smallest absolute Gasteiger partial charge is 0.269 e. The molecule has 3 aromatic heterocycles. The Kier molecular flexibility index (Phi) is 14.8. The second-order valence-electron chi connectivity index (χ2n) is 15.2. The second kappa shape index (κ2) is 19.8. The van der Waals surface area contributed by atoms with E-state index in [1.165, 1.54) is 66.3 Å². The van der Waals surface area contributed by atoms with Gasteiger partial charge in [0.05, 0.1) is 60.0 Å². The van der Waals surface area contributed by atoms with Crippen LogP contribution in [0.5, 0.6) is 5.88 Å². The molecule has 14 heteroatoms. The first-order valence-corrected chi connectivity index (χ1v) is 19.7. The zero-order chi connectivity index (χ0) is 42.4. The molecule has 0 unspecified atom stereocenters. The average molecular weight is 821 g/mol. The maximum atomic E-state index is 12.8. The van der Waals surface area contributed by atoms with Gasteiger partial charge >= 0.3 is 0 Å². The van der Waals surface area contributed by atoms with Crippen molar-refractivity contribution >= 4 is 57.0 Å². The number of aliphatic imine (C=N–C) groups is 1. The van der Waals surface area contributed by atoms with Crippen LogP contribution in [0.1, 0.15) is 96.9 Å². The summed E-state index contributed by atoms with van der Waals surface area (Å²) in [6.45, 7) is 8.66. The van der Waals surface area contributed by atoms with Crippen molar-refractivity contribution in [3.8, 4) is 5.88 Å². The number of amides is 2. The van der Waals surface area contributed by atoms with Gasteiger partial charge in [0.2, 0.25) is 5.91 Å². The second-order valence-corrected chi connectivity index (χ2v) is 15.2. The minimum absolute atomic E-state index is 0. The topological polar surface area (TPSA) is 188 Å². The number of methoxy groups -OCH3 is 1. The molecular weight excluding hydrogens is 765 g/mol. The standard InChI is InChI=1S/C21H23N3O3.C18H15NO5.C6H14N2.CH4/c1-13(25)14-3-4-18-17(11-14)19(21(26)23-18)20(15-7-10-27-12-15)22-16-5-8-24(2)9-6-16;1-10(20)12-4-5-15-14(8-12)16(18(22)19(15)11(2)21)17(23-3)13-6-7-24-9-13;1-8-4-2-6(7)3-5-8;/h3-4,7,10-12,16,23,26H,5-6,8-9H2,1-2H3;4-9H,1-3H3;6H,2-5,7H2,1H3;1H4/b;17-16+;;. The molecule has 2 amide bonds. The maximum absolute atomic E-state index is 12.8. The molecule has 60 heavy (non-hydrogen) atoms. The quantitative estimate of drug-likeness (QED) is 0.0654. The fourth-order valence-corrected chi connectivity index (χ4v) is 7.43. The predicted molar refractivity (Wildman–Crippen MR) is 233 cm³/mol. The van der Waals surface area contributed by atoms with Crippen LogP contribution in [0.15, 0.2) is 87.4 Å². The fraction of sp³-hybridized carbons (Fsp3) is 0.370. The summed E-state index contributed by atoms with van der Waals surface area (Å²) in [7, 11) is 5.70. The molecular formula is C46H56N6O8. The third-order valence-electron chi connectivity index (χ3n) is 10.8. The molecule has 0 saturated carbocycles. The van der Waals surface area contributed by atoms with Gasteiger partial charge < -0.3 is 39.2 Å². The van der Waals surface area contributed by atoms with E-state index in [2.05, 4.69) is 28.9 Å². The van der Waals surface area contributed by atoms with Crippen molar-refractivity contribution < 1.29 is 37.9 Å². The van der Waals surface area contributed by atoms with Crippen molar-refractivity contribution in [2.45, 2.75) is 66.0 Å². The van der Waals surface area contributed by atoms with Crippen LogP contribution in [0, 0.1) is 0 Å². The number of ether oxygens (including phenoxy) is 1. The van der Waals surface area contributed by atoms with Crippen LogP contribution in [-0.2, 0) is 14.3 Å². The third kappa shape index (κ3) is 10.0. The Morgan fingerprint density at radius 1 is 0.817 bits per heavy atom. The molecule has 0 spiro atoms. The SMILES string of the molecule is C.CC(=O)c1ccc2[nH]c(O)c(C(=NC3CCN(C)CC3)c3ccoc3)c2c1.CN1CCC(N)CC1.CO/C(=C1/C(=O)N(C(C)=O)c2ccc(C(C)=O)cc21)c1ccoc1. The van der Waals surface area contributed by atoms with Crippen molar-refractivity contribution in [1.29, 1.82) is 0 Å². The molecule has 4 N–H and O–H groups in total. The lowest BCUT2D eigenvalue weighted by atomic mass is 9.99. The highest BCUT2D eigenvalue weighted by Crippen LogP contribution is 2.42. The molecule has 0 bridgehead atoms. The zero-order valence-corrected chi connectivity index (χ0v) is 34.4. The van der Waals surface area contributed by atoms with Crippen LogP contribution in [0.3, 0.4) is 0 Å². The average Bonchev–Trinajstić information content (AvgIpc) is 4.04. The summed E-state index contributed by atoms with van der Waals surface area (Å²) < 4.78 is 15.7. The number of rotatable bonds is 7. The van der Waals surface area contributed by atoms with Gasteiger partial charge in [0, 0.05) is 46.1 Å². The number of nitrogens with two attached hydrogens (primary N) is 1. The van der Waals surface area contributed by atoms with E-state index in [0.29, 0.717) is 51.0 Å². The summed E-state index contributed by atoms with van der Waals surface area (Å²) >= 11 is 0. The molecule has 2 aromatic carbocycles. The lowest BCUT2D eigenvalue weighted by Crippen LogP contribution is -2.37. The molecule has 3 aliphatic heterocycles. The summed E-state index contributed by atoms with van der Waals surface area (Å²) in [5, 5.41) is 11.4. The van der Waals surface area contributed by atoms with Gasteiger partial charge in [-0.05, 0) is 128 Å². The Morgan fingerprint density at radius 2 is 1.38 bits per heavy atom. The molecule has 318 valence electrons. The number of benzene rings is 2. The number of aromatic hydroxyl groups is 1. The lowest BCUT2D eigenvalue weighted by Gasteiger charge is -2.27. The summed E-state index contributed by atoms with van der Waals surface area (Å²) in [6, 6.07) is 14.4. The van der Waals surface area contributed by atoms with E-state index in [9.17, 15) is 24.3 Å². The summed E-state index contributed by atoms with van der Waals surface area (Å²) in [5.74, 6) is -0.697. The first-order valence-electron chi connectivity index (χ1n) is 19.7. The molecule has 0 radical (unpaired) electrons. The largest absolute Gasteiger partial charge is 0.495 e. The van der Waals surface area contributed by atoms with Crippen LogP contribution in [0.2, 0.25) is 0 Å². The van der Waals surface area contributed by atoms with E-state index in [1.54, 1.807) is 42.9 Å². The highest BCUT2D eigenvalue weighted by molar-refractivity contribution is 6.43. The van der Waals surface area contributed by atoms with Crippen molar-refractivity contribution in [3.63, 3.8) is 0 Å². The Hall–Kier alpha value is -6.09.